The molecule has 1 heterocycles. The van der Waals surface area contributed by atoms with E-state index < -0.39 is 31.6 Å². The molecule has 4 rings (SSSR count). The summed E-state index contributed by atoms with van der Waals surface area (Å²) in [7, 11) is -6.57. The summed E-state index contributed by atoms with van der Waals surface area (Å²) >= 11 is 5.91. The second-order valence-electron chi connectivity index (χ2n) is 8.65. The second-order valence-corrected chi connectivity index (χ2v) is 12.4. The number of benzene rings is 3. The summed E-state index contributed by atoms with van der Waals surface area (Å²) < 4.78 is 67.4. The van der Waals surface area contributed by atoms with Crippen molar-refractivity contribution in [3.05, 3.63) is 101 Å². The number of rotatable bonds is 7. The van der Waals surface area contributed by atoms with E-state index in [1.165, 1.54) is 53.4 Å². The Balaban J connectivity index is 1.80. The molecule has 1 atom stereocenters. The van der Waals surface area contributed by atoms with Gasteiger partial charge in [-0.2, -0.15) is 13.5 Å². The van der Waals surface area contributed by atoms with Gasteiger partial charge < -0.3 is 4.90 Å². The third kappa shape index (κ3) is 6.76. The molecule has 9 nitrogen and oxygen atoms in total. The molecular formula is C25H25ClFN5O4S2. The van der Waals surface area contributed by atoms with Crippen molar-refractivity contribution in [3.63, 3.8) is 0 Å². The molecule has 0 amide bonds. The van der Waals surface area contributed by atoms with Gasteiger partial charge in [0.05, 0.1) is 22.9 Å². The first-order valence-corrected chi connectivity index (χ1v) is 15.0. The molecule has 0 radical (unpaired) electrons. The van der Waals surface area contributed by atoms with Gasteiger partial charge in [-0.3, -0.25) is 0 Å². The maximum Gasteiger partial charge on any atom is 0.285 e. The van der Waals surface area contributed by atoms with Crippen LogP contribution < -0.4 is 5.14 Å². The van der Waals surface area contributed by atoms with Gasteiger partial charge in [0.25, 0.3) is 10.0 Å². The Morgan fingerprint density at radius 2 is 1.68 bits per heavy atom. The highest BCUT2D eigenvalue weighted by Gasteiger charge is 2.34. The number of nitrogens with two attached hydrogens (primary N) is 1. The number of sulfonamides is 2. The number of nitrogens with zero attached hydrogens (tertiary/aromatic N) is 4. The van der Waals surface area contributed by atoms with E-state index >= 15 is 0 Å². The lowest BCUT2D eigenvalue weighted by Gasteiger charge is -2.26. The number of hydrogen-bond acceptors (Lipinski definition) is 5. The van der Waals surface area contributed by atoms with Crippen LogP contribution in [0.3, 0.4) is 0 Å². The third-order valence-corrected chi connectivity index (χ3v) is 8.13. The summed E-state index contributed by atoms with van der Waals surface area (Å²) in [6, 6.07) is 20.8. The predicted octanol–water partition coefficient (Wildman–Crippen LogP) is 3.25. The monoisotopic (exact) mass is 577 g/mol. The molecule has 0 aliphatic carbocycles. The number of halogens is 2. The van der Waals surface area contributed by atoms with E-state index in [9.17, 15) is 21.2 Å². The normalized spacial score (nSPS) is 16.4. The summed E-state index contributed by atoms with van der Waals surface area (Å²) in [5.74, 6) is -1.24. The standard InChI is InChI=1S/C25H25ClFN5O4S2/c1-31(15-16-37(28,33)34)25(30-38(35,36)22-13-9-20(26)10-14-22)32-17-23(18-5-3-2-4-6-18)24(29-32)19-7-11-21(27)12-8-19/h2-14,23H,15-17H2,1H3,(H2,28,33,34)/t23-/m1/s1. The van der Waals surface area contributed by atoms with Crippen molar-refractivity contribution in [2.24, 2.45) is 14.6 Å². The molecule has 0 saturated heterocycles. The molecule has 2 N–H and O–H groups in total. The third-order valence-electron chi connectivity index (χ3n) is 5.85. The topological polar surface area (TPSA) is 125 Å². The first-order valence-electron chi connectivity index (χ1n) is 11.4. The van der Waals surface area contributed by atoms with Gasteiger partial charge in [-0.05, 0) is 47.5 Å². The highest BCUT2D eigenvalue weighted by molar-refractivity contribution is 7.90. The number of primary sulfonamides is 1. The van der Waals surface area contributed by atoms with Crippen LogP contribution in [-0.4, -0.2) is 64.3 Å². The SMILES string of the molecule is CN(CCS(N)(=O)=O)C(=NS(=O)(=O)c1ccc(Cl)cc1)N1C[C@H](c2ccccc2)C(c2ccc(F)cc2)=N1. The molecular weight excluding hydrogens is 553 g/mol. The summed E-state index contributed by atoms with van der Waals surface area (Å²) in [4.78, 5) is 1.28. The molecule has 3 aromatic carbocycles. The van der Waals surface area contributed by atoms with Crippen LogP contribution >= 0.6 is 11.6 Å². The lowest BCUT2D eigenvalue weighted by molar-refractivity contribution is 0.382. The van der Waals surface area contributed by atoms with E-state index in [4.69, 9.17) is 21.8 Å². The number of hydrogen-bond donors (Lipinski definition) is 1. The van der Waals surface area contributed by atoms with Crippen LogP contribution in [0.1, 0.15) is 17.0 Å². The van der Waals surface area contributed by atoms with Gasteiger partial charge in [0.1, 0.15) is 5.82 Å². The lowest BCUT2D eigenvalue weighted by Crippen LogP contribution is -2.42. The zero-order chi connectivity index (χ0) is 27.5. The summed E-state index contributed by atoms with van der Waals surface area (Å²) in [5.41, 5.74) is 2.13. The highest BCUT2D eigenvalue weighted by atomic mass is 35.5. The predicted molar refractivity (Wildman–Crippen MR) is 146 cm³/mol. The van der Waals surface area contributed by atoms with Gasteiger partial charge in [-0.1, -0.05) is 54.1 Å². The van der Waals surface area contributed by atoms with Crippen LogP contribution in [0, 0.1) is 5.82 Å². The average Bonchev–Trinajstić information content (AvgIpc) is 3.32. The maximum absolute atomic E-state index is 13.6. The van der Waals surface area contributed by atoms with Gasteiger partial charge >= 0.3 is 0 Å². The number of guanidine groups is 1. The smallest absolute Gasteiger partial charge is 0.285 e. The van der Waals surface area contributed by atoms with Gasteiger partial charge in [0, 0.05) is 24.5 Å². The Morgan fingerprint density at radius 1 is 1.05 bits per heavy atom. The molecule has 0 fully saturated rings. The maximum atomic E-state index is 13.6. The zero-order valence-electron chi connectivity index (χ0n) is 20.3. The van der Waals surface area contributed by atoms with Crippen LogP contribution in [-0.2, 0) is 20.0 Å². The van der Waals surface area contributed by atoms with Crippen molar-refractivity contribution in [2.45, 2.75) is 10.8 Å². The van der Waals surface area contributed by atoms with Crippen molar-refractivity contribution in [1.82, 2.24) is 9.91 Å². The molecule has 0 aromatic heterocycles. The van der Waals surface area contributed by atoms with E-state index in [1.807, 2.05) is 30.3 Å². The number of hydrazone groups is 1. The molecule has 38 heavy (non-hydrogen) atoms. The summed E-state index contributed by atoms with van der Waals surface area (Å²) in [6.45, 7) is 0.0626. The van der Waals surface area contributed by atoms with E-state index in [0.717, 1.165) is 5.56 Å². The quantitative estimate of drug-likeness (QED) is 0.339. The van der Waals surface area contributed by atoms with Crippen molar-refractivity contribution >= 4 is 43.3 Å². The molecule has 3 aromatic rings. The van der Waals surface area contributed by atoms with Crippen molar-refractivity contribution in [1.29, 1.82) is 0 Å². The van der Waals surface area contributed by atoms with Crippen LogP contribution in [0.4, 0.5) is 4.39 Å². The van der Waals surface area contributed by atoms with Crippen LogP contribution in [0.15, 0.2) is 93.3 Å². The van der Waals surface area contributed by atoms with Crippen molar-refractivity contribution in [2.75, 3.05) is 25.9 Å². The van der Waals surface area contributed by atoms with Crippen molar-refractivity contribution in [3.8, 4) is 0 Å². The Hall–Kier alpha value is -3.32. The molecule has 0 bridgehead atoms. The van der Waals surface area contributed by atoms with E-state index in [-0.39, 0.29) is 29.9 Å². The molecule has 0 saturated carbocycles. The minimum atomic E-state index is -4.24. The molecule has 13 heteroatoms. The van der Waals surface area contributed by atoms with Gasteiger partial charge in [0.2, 0.25) is 16.0 Å². The Labute approximate surface area is 226 Å². The summed E-state index contributed by atoms with van der Waals surface area (Å²) in [6.07, 6.45) is 0. The minimum absolute atomic E-state index is 0.0957. The summed E-state index contributed by atoms with van der Waals surface area (Å²) in [5, 5.41) is 11.6. The lowest BCUT2D eigenvalue weighted by atomic mass is 9.91. The Kier molecular flexibility index (Phi) is 8.16. The van der Waals surface area contributed by atoms with Gasteiger partial charge in [-0.25, -0.2) is 23.0 Å². The first-order chi connectivity index (χ1) is 17.9. The zero-order valence-corrected chi connectivity index (χ0v) is 22.7. The molecule has 0 unspecified atom stereocenters. The minimum Gasteiger partial charge on any atom is -0.342 e. The first kappa shape index (κ1) is 27.7. The largest absolute Gasteiger partial charge is 0.342 e. The Bertz CT molecular complexity index is 1560. The van der Waals surface area contributed by atoms with Crippen LogP contribution in [0.25, 0.3) is 0 Å². The molecule has 1 aliphatic heterocycles. The van der Waals surface area contributed by atoms with Crippen LogP contribution in [0.5, 0.6) is 0 Å². The molecule has 200 valence electrons. The van der Waals surface area contributed by atoms with E-state index in [0.29, 0.717) is 16.3 Å². The Morgan fingerprint density at radius 3 is 2.29 bits per heavy atom. The second kappa shape index (κ2) is 11.2. The fourth-order valence-corrected chi connectivity index (χ4v) is 5.59. The highest BCUT2D eigenvalue weighted by Crippen LogP contribution is 2.30. The molecule has 0 spiro atoms. The van der Waals surface area contributed by atoms with Crippen LogP contribution in [0.2, 0.25) is 5.02 Å². The van der Waals surface area contributed by atoms with Crippen molar-refractivity contribution < 1.29 is 21.2 Å². The van der Waals surface area contributed by atoms with Gasteiger partial charge in [0.15, 0.2) is 0 Å². The van der Waals surface area contributed by atoms with E-state index in [2.05, 4.69) is 4.40 Å². The average molecular weight is 578 g/mol. The fraction of sp³-hybridized carbons (Fsp3) is 0.200. The van der Waals surface area contributed by atoms with Gasteiger partial charge in [-0.15, -0.1) is 4.40 Å². The van der Waals surface area contributed by atoms with E-state index in [1.54, 1.807) is 12.1 Å². The molecule has 1 aliphatic rings. The fourth-order valence-electron chi connectivity index (χ4n) is 3.90.